The minimum atomic E-state index is -0.369. The van der Waals surface area contributed by atoms with Crippen molar-refractivity contribution in [2.75, 3.05) is 32.8 Å². The van der Waals surface area contributed by atoms with E-state index >= 15 is 0 Å². The van der Waals surface area contributed by atoms with Crippen LogP contribution in [0.3, 0.4) is 0 Å². The van der Waals surface area contributed by atoms with Gasteiger partial charge in [0.2, 0.25) is 5.91 Å². The molecule has 0 bridgehead atoms. The number of amides is 2. The maximum absolute atomic E-state index is 13.0. The van der Waals surface area contributed by atoms with Crippen LogP contribution in [0.5, 0.6) is 0 Å². The molecule has 1 fully saturated rings. The van der Waals surface area contributed by atoms with Crippen LogP contribution in [0.1, 0.15) is 18.1 Å². The lowest BCUT2D eigenvalue weighted by Crippen LogP contribution is -2.51. The summed E-state index contributed by atoms with van der Waals surface area (Å²) in [6.07, 6.45) is 2.50. The van der Waals surface area contributed by atoms with Crippen LogP contribution in [0.15, 0.2) is 35.5 Å². The lowest BCUT2D eigenvalue weighted by Gasteiger charge is -2.34. The van der Waals surface area contributed by atoms with Gasteiger partial charge in [0.25, 0.3) is 5.56 Å². The molecule has 10 nitrogen and oxygen atoms in total. The van der Waals surface area contributed by atoms with Crippen LogP contribution in [0.4, 0.5) is 4.79 Å². The number of aryl methyl sites for hydroxylation is 2. The zero-order valence-corrected chi connectivity index (χ0v) is 18.4. The van der Waals surface area contributed by atoms with Gasteiger partial charge in [-0.3, -0.25) is 14.2 Å². The molecule has 168 valence electrons. The molecule has 1 aromatic carbocycles. The summed E-state index contributed by atoms with van der Waals surface area (Å²) in [6.45, 7) is 7.60. The molecule has 0 spiro atoms. The first-order chi connectivity index (χ1) is 15.4. The summed E-state index contributed by atoms with van der Waals surface area (Å²) in [7, 11) is 0. The number of piperazine rings is 1. The maximum atomic E-state index is 13.0. The quantitative estimate of drug-likeness (QED) is 0.612. The Morgan fingerprint density at radius 1 is 1.06 bits per heavy atom. The van der Waals surface area contributed by atoms with Crippen LogP contribution in [0.2, 0.25) is 0 Å². The van der Waals surface area contributed by atoms with Gasteiger partial charge < -0.3 is 14.5 Å². The molecule has 0 radical (unpaired) electrons. The predicted molar refractivity (Wildman–Crippen MR) is 118 cm³/mol. The van der Waals surface area contributed by atoms with E-state index in [-0.39, 0.29) is 24.1 Å². The van der Waals surface area contributed by atoms with Crippen molar-refractivity contribution in [3.05, 3.63) is 52.2 Å². The summed E-state index contributed by atoms with van der Waals surface area (Å²) in [6, 6.07) is 5.93. The molecular weight excluding hydrogens is 412 g/mol. The molecule has 32 heavy (non-hydrogen) atoms. The molecule has 4 rings (SSSR count). The second-order valence-electron chi connectivity index (χ2n) is 7.81. The van der Waals surface area contributed by atoms with Crippen molar-refractivity contribution in [1.82, 2.24) is 29.1 Å². The first kappa shape index (κ1) is 21.5. The summed E-state index contributed by atoms with van der Waals surface area (Å²) in [5.41, 5.74) is 3.24. The lowest BCUT2D eigenvalue weighted by molar-refractivity contribution is -0.133. The molecule has 0 atom stereocenters. The molecular formula is C22H26N6O4. The molecule has 0 saturated carbocycles. The molecule has 0 N–H and O–H groups in total. The monoisotopic (exact) mass is 438 g/mol. The van der Waals surface area contributed by atoms with Crippen LogP contribution in [0.25, 0.3) is 16.7 Å². The van der Waals surface area contributed by atoms with E-state index in [2.05, 4.69) is 10.1 Å². The smallest absolute Gasteiger partial charge is 0.409 e. The Labute approximate surface area is 185 Å². The Morgan fingerprint density at radius 2 is 1.78 bits per heavy atom. The Kier molecular flexibility index (Phi) is 5.93. The number of hydrogen-bond donors (Lipinski definition) is 0. The fraction of sp³-hybridized carbons (Fsp3) is 0.409. The van der Waals surface area contributed by atoms with E-state index in [0.717, 1.165) is 11.3 Å². The molecule has 1 aliphatic rings. The maximum Gasteiger partial charge on any atom is 0.409 e. The van der Waals surface area contributed by atoms with E-state index in [0.29, 0.717) is 43.8 Å². The molecule has 0 aliphatic carbocycles. The Bertz CT molecular complexity index is 1220. The van der Waals surface area contributed by atoms with Gasteiger partial charge in [0, 0.05) is 26.2 Å². The van der Waals surface area contributed by atoms with Crippen LogP contribution in [-0.2, 0) is 16.1 Å². The highest BCUT2D eigenvalue weighted by molar-refractivity contribution is 5.78. The van der Waals surface area contributed by atoms with Gasteiger partial charge >= 0.3 is 6.09 Å². The number of rotatable bonds is 4. The number of carbonyl (C=O) groups is 2. The number of fused-ring (bicyclic) bond motifs is 1. The van der Waals surface area contributed by atoms with Crippen molar-refractivity contribution < 1.29 is 14.3 Å². The zero-order valence-electron chi connectivity index (χ0n) is 18.4. The predicted octanol–water partition coefficient (Wildman–Crippen LogP) is 1.50. The number of carbonyl (C=O) groups excluding carboxylic acids is 2. The summed E-state index contributed by atoms with van der Waals surface area (Å²) in [5, 5.41) is 4.70. The van der Waals surface area contributed by atoms with E-state index in [9.17, 15) is 14.4 Å². The highest BCUT2D eigenvalue weighted by Gasteiger charge is 2.25. The van der Waals surface area contributed by atoms with Gasteiger partial charge in [-0.05, 0) is 44.0 Å². The molecule has 3 heterocycles. The average Bonchev–Trinajstić information content (AvgIpc) is 3.22. The normalized spacial score (nSPS) is 14.1. The van der Waals surface area contributed by atoms with Gasteiger partial charge in [0.15, 0.2) is 5.65 Å². The SMILES string of the molecule is CCOC(=O)N1CCN(C(=O)Cn2cnc3c(cnn3-c3ccc(C)c(C)c3)c2=O)CC1. The molecule has 1 aliphatic heterocycles. The highest BCUT2D eigenvalue weighted by atomic mass is 16.6. The Hall–Kier alpha value is -3.69. The standard InChI is InChI=1S/C22H26N6O4/c1-4-32-22(31)26-9-7-25(8-10-26)19(29)13-27-14-23-20-18(21(27)30)12-24-28(20)17-6-5-15(2)16(3)11-17/h5-6,11-12,14H,4,7-10,13H2,1-3H3. The third kappa shape index (κ3) is 4.08. The van der Waals surface area contributed by atoms with Crippen LogP contribution >= 0.6 is 0 Å². The highest BCUT2D eigenvalue weighted by Crippen LogP contribution is 2.17. The molecule has 2 aromatic heterocycles. The van der Waals surface area contributed by atoms with Crippen LogP contribution in [-0.4, -0.2) is 73.9 Å². The van der Waals surface area contributed by atoms with Gasteiger partial charge in [-0.15, -0.1) is 0 Å². The summed E-state index contributed by atoms with van der Waals surface area (Å²) >= 11 is 0. The summed E-state index contributed by atoms with van der Waals surface area (Å²) < 4.78 is 7.93. The van der Waals surface area contributed by atoms with Crippen molar-refractivity contribution in [2.45, 2.75) is 27.3 Å². The van der Waals surface area contributed by atoms with E-state index in [1.807, 2.05) is 32.0 Å². The van der Waals surface area contributed by atoms with Gasteiger partial charge in [0.05, 0.1) is 18.5 Å². The fourth-order valence-corrected chi connectivity index (χ4v) is 3.71. The zero-order chi connectivity index (χ0) is 22.8. The van der Waals surface area contributed by atoms with Crippen LogP contribution in [0, 0.1) is 13.8 Å². The van der Waals surface area contributed by atoms with E-state index < -0.39 is 0 Å². The van der Waals surface area contributed by atoms with Crippen molar-refractivity contribution in [1.29, 1.82) is 0 Å². The number of ether oxygens (including phenoxy) is 1. The minimum absolute atomic E-state index is 0.115. The van der Waals surface area contributed by atoms with Crippen molar-refractivity contribution in [2.24, 2.45) is 0 Å². The second kappa shape index (κ2) is 8.81. The molecule has 0 unspecified atom stereocenters. The van der Waals surface area contributed by atoms with Gasteiger partial charge in [0.1, 0.15) is 18.3 Å². The van der Waals surface area contributed by atoms with E-state index in [4.69, 9.17) is 4.74 Å². The van der Waals surface area contributed by atoms with Crippen LogP contribution < -0.4 is 5.56 Å². The van der Waals surface area contributed by atoms with Gasteiger partial charge in [-0.1, -0.05) is 6.07 Å². The third-order valence-electron chi connectivity index (χ3n) is 5.75. The van der Waals surface area contributed by atoms with Crippen molar-refractivity contribution in [3.8, 4) is 5.69 Å². The molecule has 1 saturated heterocycles. The Morgan fingerprint density at radius 3 is 2.47 bits per heavy atom. The number of aromatic nitrogens is 4. The molecule has 2 amide bonds. The largest absolute Gasteiger partial charge is 0.450 e. The fourth-order valence-electron chi connectivity index (χ4n) is 3.71. The molecule has 3 aromatic rings. The summed E-state index contributed by atoms with van der Waals surface area (Å²) in [5.74, 6) is -0.196. The van der Waals surface area contributed by atoms with Gasteiger partial charge in [-0.25, -0.2) is 14.5 Å². The molecule has 10 heteroatoms. The first-order valence-corrected chi connectivity index (χ1v) is 10.6. The number of benzene rings is 1. The number of hydrogen-bond acceptors (Lipinski definition) is 6. The summed E-state index contributed by atoms with van der Waals surface area (Å²) in [4.78, 5) is 45.1. The van der Waals surface area contributed by atoms with E-state index in [1.165, 1.54) is 22.7 Å². The average molecular weight is 438 g/mol. The third-order valence-corrected chi connectivity index (χ3v) is 5.75. The number of nitrogens with zero attached hydrogens (tertiary/aromatic N) is 6. The van der Waals surface area contributed by atoms with E-state index in [1.54, 1.807) is 21.4 Å². The van der Waals surface area contributed by atoms with Crippen molar-refractivity contribution in [3.63, 3.8) is 0 Å². The topological polar surface area (TPSA) is 103 Å². The minimum Gasteiger partial charge on any atom is -0.450 e. The first-order valence-electron chi connectivity index (χ1n) is 10.6. The second-order valence-corrected chi connectivity index (χ2v) is 7.81. The lowest BCUT2D eigenvalue weighted by atomic mass is 10.1. The Balaban J connectivity index is 1.49. The van der Waals surface area contributed by atoms with Gasteiger partial charge in [-0.2, -0.15) is 5.10 Å². The van der Waals surface area contributed by atoms with Crippen molar-refractivity contribution >= 4 is 23.0 Å².